The smallest absolute Gasteiger partial charge is 0.225 e. The van der Waals surface area contributed by atoms with Gasteiger partial charge in [0.1, 0.15) is 0 Å². The van der Waals surface area contributed by atoms with Crippen molar-refractivity contribution in [3.63, 3.8) is 0 Å². The Kier molecular flexibility index (Phi) is 6.06. The molecule has 3 rings (SSSR count). The molecule has 0 unspecified atom stereocenters. The van der Waals surface area contributed by atoms with Crippen LogP contribution in [0.25, 0.3) is 0 Å². The molecule has 1 atom stereocenters. The maximum atomic E-state index is 9.29. The number of rotatable bonds is 6. The van der Waals surface area contributed by atoms with Crippen molar-refractivity contribution in [3.05, 3.63) is 17.5 Å². The first-order valence-corrected chi connectivity index (χ1v) is 9.72. The highest BCUT2D eigenvalue weighted by molar-refractivity contribution is 5.36. The van der Waals surface area contributed by atoms with E-state index in [2.05, 4.69) is 35.2 Å². The molecule has 1 aliphatic carbocycles. The summed E-state index contributed by atoms with van der Waals surface area (Å²) >= 11 is 0. The SMILES string of the molecule is CCC(CC)N[C@H]1CCCc2nc(N3CCC(CO)CC3)ncc21. The molecule has 0 radical (unpaired) electrons. The minimum Gasteiger partial charge on any atom is -0.396 e. The summed E-state index contributed by atoms with van der Waals surface area (Å²) in [5.41, 5.74) is 2.54. The standard InChI is InChI=1S/C19H32N4O/c1-3-15(4-2)21-17-6-5-7-18-16(17)12-20-19(22-18)23-10-8-14(13-24)9-11-23/h12,14-15,17,21,24H,3-11,13H2,1-2H3/t17-/m0/s1. The van der Waals surface area contributed by atoms with E-state index in [0.717, 1.165) is 38.3 Å². The normalized spacial score (nSPS) is 22.0. The topological polar surface area (TPSA) is 61.3 Å². The van der Waals surface area contributed by atoms with Crippen molar-refractivity contribution in [1.82, 2.24) is 15.3 Å². The lowest BCUT2D eigenvalue weighted by Gasteiger charge is -2.33. The van der Waals surface area contributed by atoms with E-state index >= 15 is 0 Å². The third kappa shape index (κ3) is 3.89. The van der Waals surface area contributed by atoms with E-state index in [9.17, 15) is 5.11 Å². The molecule has 1 fully saturated rings. The number of hydrogen-bond acceptors (Lipinski definition) is 5. The van der Waals surface area contributed by atoms with Crippen molar-refractivity contribution < 1.29 is 5.11 Å². The Hall–Kier alpha value is -1.20. The second kappa shape index (κ2) is 8.26. The van der Waals surface area contributed by atoms with Gasteiger partial charge < -0.3 is 15.3 Å². The number of aliphatic hydroxyl groups excluding tert-OH is 1. The highest BCUT2D eigenvalue weighted by Gasteiger charge is 2.26. The molecular weight excluding hydrogens is 300 g/mol. The van der Waals surface area contributed by atoms with Gasteiger partial charge in [-0.1, -0.05) is 13.8 Å². The summed E-state index contributed by atoms with van der Waals surface area (Å²) < 4.78 is 0. The minimum absolute atomic E-state index is 0.308. The minimum atomic E-state index is 0.308. The lowest BCUT2D eigenvalue weighted by atomic mass is 9.91. The van der Waals surface area contributed by atoms with Gasteiger partial charge in [0, 0.05) is 43.5 Å². The number of aromatic nitrogens is 2. The van der Waals surface area contributed by atoms with Gasteiger partial charge in [0.2, 0.25) is 5.95 Å². The zero-order valence-electron chi connectivity index (χ0n) is 15.2. The highest BCUT2D eigenvalue weighted by Crippen LogP contribution is 2.30. The Morgan fingerprint density at radius 3 is 2.67 bits per heavy atom. The van der Waals surface area contributed by atoms with Crippen molar-refractivity contribution in [3.8, 4) is 0 Å². The molecule has 1 aromatic heterocycles. The van der Waals surface area contributed by atoms with Crippen molar-refractivity contribution in [1.29, 1.82) is 0 Å². The van der Waals surface area contributed by atoms with Crippen molar-refractivity contribution >= 4 is 5.95 Å². The largest absolute Gasteiger partial charge is 0.396 e. The Morgan fingerprint density at radius 1 is 1.25 bits per heavy atom. The van der Waals surface area contributed by atoms with Gasteiger partial charge in [0.15, 0.2) is 0 Å². The third-order valence-electron chi connectivity index (χ3n) is 5.75. The zero-order chi connectivity index (χ0) is 16.9. The molecule has 0 amide bonds. The zero-order valence-corrected chi connectivity index (χ0v) is 15.2. The maximum absolute atomic E-state index is 9.29. The van der Waals surface area contributed by atoms with Crippen LogP contribution < -0.4 is 10.2 Å². The van der Waals surface area contributed by atoms with E-state index in [1.807, 2.05) is 0 Å². The molecule has 0 bridgehead atoms. The summed E-state index contributed by atoms with van der Waals surface area (Å²) in [6, 6.07) is 0.992. The van der Waals surface area contributed by atoms with Crippen LogP contribution >= 0.6 is 0 Å². The van der Waals surface area contributed by atoms with Crippen LogP contribution in [0.1, 0.15) is 69.7 Å². The van der Waals surface area contributed by atoms with Gasteiger partial charge in [-0.2, -0.15) is 0 Å². The monoisotopic (exact) mass is 332 g/mol. The predicted octanol–water partition coefficient (Wildman–Crippen LogP) is 2.84. The van der Waals surface area contributed by atoms with Gasteiger partial charge >= 0.3 is 0 Å². The molecule has 5 nitrogen and oxygen atoms in total. The fraction of sp³-hybridized carbons (Fsp3) is 0.789. The van der Waals surface area contributed by atoms with Gasteiger partial charge in [0.25, 0.3) is 0 Å². The lowest BCUT2D eigenvalue weighted by Crippen LogP contribution is -2.37. The molecule has 0 saturated carbocycles. The quantitative estimate of drug-likeness (QED) is 0.839. The van der Waals surface area contributed by atoms with E-state index in [0.29, 0.717) is 24.6 Å². The summed E-state index contributed by atoms with van der Waals surface area (Å²) in [6.07, 6.45) is 9.93. The molecule has 1 aliphatic heterocycles. The summed E-state index contributed by atoms with van der Waals surface area (Å²) in [6.45, 7) is 6.72. The van der Waals surface area contributed by atoms with E-state index in [1.165, 1.54) is 36.9 Å². The molecule has 2 heterocycles. The van der Waals surface area contributed by atoms with Crippen LogP contribution in [0.15, 0.2) is 6.20 Å². The van der Waals surface area contributed by atoms with Crippen LogP contribution in [0.3, 0.4) is 0 Å². The van der Waals surface area contributed by atoms with Gasteiger partial charge in [-0.15, -0.1) is 0 Å². The van der Waals surface area contributed by atoms with Crippen LogP contribution in [0.5, 0.6) is 0 Å². The number of hydrogen-bond donors (Lipinski definition) is 2. The second-order valence-electron chi connectivity index (χ2n) is 7.31. The van der Waals surface area contributed by atoms with E-state index < -0.39 is 0 Å². The van der Waals surface area contributed by atoms with Gasteiger partial charge in [-0.05, 0) is 50.9 Å². The molecule has 1 saturated heterocycles. The molecule has 5 heteroatoms. The Morgan fingerprint density at radius 2 is 2.00 bits per heavy atom. The predicted molar refractivity (Wildman–Crippen MR) is 97.2 cm³/mol. The summed E-state index contributed by atoms with van der Waals surface area (Å²) in [5, 5.41) is 13.1. The molecule has 0 aromatic carbocycles. The van der Waals surface area contributed by atoms with Crippen molar-refractivity contribution in [2.45, 2.75) is 70.9 Å². The molecule has 0 spiro atoms. The number of fused-ring (bicyclic) bond motifs is 1. The van der Waals surface area contributed by atoms with Crippen LogP contribution in [-0.4, -0.2) is 40.8 Å². The van der Waals surface area contributed by atoms with Crippen LogP contribution in [0.2, 0.25) is 0 Å². The summed E-state index contributed by atoms with van der Waals surface area (Å²) in [7, 11) is 0. The second-order valence-corrected chi connectivity index (χ2v) is 7.31. The first kappa shape index (κ1) is 17.6. The Balaban J connectivity index is 1.71. The van der Waals surface area contributed by atoms with Gasteiger partial charge in [-0.25, -0.2) is 9.97 Å². The number of aliphatic hydroxyl groups is 1. The van der Waals surface area contributed by atoms with Crippen LogP contribution in [0, 0.1) is 5.92 Å². The summed E-state index contributed by atoms with van der Waals surface area (Å²) in [5.74, 6) is 1.33. The number of nitrogens with zero attached hydrogens (tertiary/aromatic N) is 3. The Bertz CT molecular complexity index is 524. The first-order chi connectivity index (χ1) is 11.7. The van der Waals surface area contributed by atoms with Gasteiger partial charge in [-0.3, -0.25) is 0 Å². The van der Waals surface area contributed by atoms with Crippen molar-refractivity contribution in [2.75, 3.05) is 24.6 Å². The average Bonchev–Trinajstić information content (AvgIpc) is 2.65. The third-order valence-corrected chi connectivity index (χ3v) is 5.75. The molecule has 24 heavy (non-hydrogen) atoms. The number of aryl methyl sites for hydroxylation is 1. The van der Waals surface area contributed by atoms with Crippen molar-refractivity contribution in [2.24, 2.45) is 5.92 Å². The fourth-order valence-electron chi connectivity index (χ4n) is 3.99. The first-order valence-electron chi connectivity index (χ1n) is 9.72. The molecule has 134 valence electrons. The van der Waals surface area contributed by atoms with Crippen LogP contribution in [0.4, 0.5) is 5.95 Å². The average molecular weight is 332 g/mol. The molecule has 2 N–H and O–H groups in total. The number of anilines is 1. The van der Waals surface area contributed by atoms with E-state index in [1.54, 1.807) is 0 Å². The molecule has 1 aromatic rings. The molecule has 2 aliphatic rings. The number of nitrogens with one attached hydrogen (secondary N) is 1. The highest BCUT2D eigenvalue weighted by atomic mass is 16.3. The molecular formula is C19H32N4O. The van der Waals surface area contributed by atoms with Gasteiger partial charge in [0.05, 0.1) is 5.69 Å². The van der Waals surface area contributed by atoms with Crippen LogP contribution in [-0.2, 0) is 6.42 Å². The number of piperidine rings is 1. The van der Waals surface area contributed by atoms with E-state index in [-0.39, 0.29) is 0 Å². The van der Waals surface area contributed by atoms with E-state index in [4.69, 9.17) is 4.98 Å². The summed E-state index contributed by atoms with van der Waals surface area (Å²) in [4.78, 5) is 11.9. The fourth-order valence-corrected chi connectivity index (χ4v) is 3.99. The Labute approximate surface area is 145 Å². The lowest BCUT2D eigenvalue weighted by molar-refractivity contribution is 0.202. The maximum Gasteiger partial charge on any atom is 0.225 e.